The highest BCUT2D eigenvalue weighted by molar-refractivity contribution is 5.94. The predicted molar refractivity (Wildman–Crippen MR) is 89.5 cm³/mol. The monoisotopic (exact) mass is 308 g/mol. The second kappa shape index (κ2) is 10.1. The SMILES string of the molecule is CCCOc1ccc(NC(=O)C(N)CCC)cc1OCCC. The fourth-order valence-corrected chi connectivity index (χ4v) is 1.92. The zero-order chi connectivity index (χ0) is 16.4. The van der Waals surface area contributed by atoms with Crippen molar-refractivity contribution in [3.05, 3.63) is 18.2 Å². The first-order valence-electron chi connectivity index (χ1n) is 8.08. The van der Waals surface area contributed by atoms with E-state index in [1.165, 1.54) is 0 Å². The molecule has 0 saturated heterocycles. The van der Waals surface area contributed by atoms with E-state index < -0.39 is 6.04 Å². The van der Waals surface area contributed by atoms with Gasteiger partial charge < -0.3 is 20.5 Å². The minimum absolute atomic E-state index is 0.175. The summed E-state index contributed by atoms with van der Waals surface area (Å²) >= 11 is 0. The Morgan fingerprint density at radius 2 is 1.73 bits per heavy atom. The second-order valence-corrected chi connectivity index (χ2v) is 5.24. The van der Waals surface area contributed by atoms with Crippen molar-refractivity contribution in [3.63, 3.8) is 0 Å². The van der Waals surface area contributed by atoms with E-state index in [-0.39, 0.29) is 5.91 Å². The molecule has 1 atom stereocenters. The third kappa shape index (κ3) is 5.93. The maximum atomic E-state index is 12.0. The van der Waals surface area contributed by atoms with Gasteiger partial charge in [0.2, 0.25) is 5.91 Å². The predicted octanol–water partition coefficient (Wildman–Crippen LogP) is 3.33. The van der Waals surface area contributed by atoms with Crippen LogP contribution in [-0.2, 0) is 4.79 Å². The quantitative estimate of drug-likeness (QED) is 0.695. The number of ether oxygens (including phenoxy) is 2. The molecule has 0 fully saturated rings. The smallest absolute Gasteiger partial charge is 0.241 e. The highest BCUT2D eigenvalue weighted by Gasteiger charge is 2.14. The molecule has 0 saturated carbocycles. The molecule has 1 aromatic carbocycles. The maximum Gasteiger partial charge on any atom is 0.241 e. The molecule has 0 bridgehead atoms. The van der Waals surface area contributed by atoms with Gasteiger partial charge in [0.1, 0.15) is 0 Å². The highest BCUT2D eigenvalue weighted by Crippen LogP contribution is 2.31. The van der Waals surface area contributed by atoms with E-state index >= 15 is 0 Å². The Morgan fingerprint density at radius 1 is 1.09 bits per heavy atom. The highest BCUT2D eigenvalue weighted by atomic mass is 16.5. The zero-order valence-electron chi connectivity index (χ0n) is 13.9. The number of nitrogens with two attached hydrogens (primary N) is 1. The van der Waals surface area contributed by atoms with Crippen molar-refractivity contribution >= 4 is 11.6 Å². The molecule has 0 aliphatic carbocycles. The molecule has 0 aliphatic rings. The number of hydrogen-bond acceptors (Lipinski definition) is 4. The van der Waals surface area contributed by atoms with Crippen molar-refractivity contribution < 1.29 is 14.3 Å². The molecule has 0 heterocycles. The van der Waals surface area contributed by atoms with E-state index in [1.54, 1.807) is 12.1 Å². The summed E-state index contributed by atoms with van der Waals surface area (Å²) in [5.41, 5.74) is 6.49. The molecule has 0 aliphatic heterocycles. The number of carbonyl (C=O) groups excluding carboxylic acids is 1. The Hall–Kier alpha value is -1.75. The Bertz CT molecular complexity index is 463. The lowest BCUT2D eigenvalue weighted by atomic mass is 10.1. The minimum Gasteiger partial charge on any atom is -0.490 e. The van der Waals surface area contributed by atoms with E-state index in [0.717, 1.165) is 19.3 Å². The number of rotatable bonds is 10. The first kappa shape index (κ1) is 18.3. The van der Waals surface area contributed by atoms with Gasteiger partial charge in [0.25, 0.3) is 0 Å². The first-order valence-corrected chi connectivity index (χ1v) is 8.08. The van der Waals surface area contributed by atoms with Gasteiger partial charge in [-0.05, 0) is 31.4 Å². The molecule has 0 spiro atoms. The maximum absolute atomic E-state index is 12.0. The van der Waals surface area contributed by atoms with Crippen molar-refractivity contribution in [2.75, 3.05) is 18.5 Å². The molecule has 22 heavy (non-hydrogen) atoms. The molecular weight excluding hydrogens is 280 g/mol. The number of amides is 1. The Balaban J connectivity index is 2.81. The number of anilines is 1. The topological polar surface area (TPSA) is 73.6 Å². The van der Waals surface area contributed by atoms with Gasteiger partial charge in [0, 0.05) is 11.8 Å². The Kier molecular flexibility index (Phi) is 8.36. The average molecular weight is 308 g/mol. The molecule has 3 N–H and O–H groups in total. The third-order valence-electron chi connectivity index (χ3n) is 3.07. The van der Waals surface area contributed by atoms with Crippen molar-refractivity contribution in [3.8, 4) is 11.5 Å². The summed E-state index contributed by atoms with van der Waals surface area (Å²) in [6, 6.07) is 4.93. The van der Waals surface area contributed by atoms with Crippen molar-refractivity contribution in [1.29, 1.82) is 0 Å². The van der Waals surface area contributed by atoms with Crippen LogP contribution < -0.4 is 20.5 Å². The lowest BCUT2D eigenvalue weighted by molar-refractivity contribution is -0.117. The van der Waals surface area contributed by atoms with Crippen molar-refractivity contribution in [1.82, 2.24) is 0 Å². The number of nitrogens with one attached hydrogen (secondary N) is 1. The van der Waals surface area contributed by atoms with Gasteiger partial charge in [-0.2, -0.15) is 0 Å². The number of hydrogen-bond donors (Lipinski definition) is 2. The van der Waals surface area contributed by atoms with Crippen LogP contribution in [0, 0.1) is 0 Å². The molecule has 5 nitrogen and oxygen atoms in total. The molecule has 1 amide bonds. The fourth-order valence-electron chi connectivity index (χ4n) is 1.92. The van der Waals surface area contributed by atoms with Crippen LogP contribution in [0.1, 0.15) is 46.5 Å². The Morgan fingerprint density at radius 3 is 2.32 bits per heavy atom. The molecule has 1 rings (SSSR count). The molecule has 0 radical (unpaired) electrons. The summed E-state index contributed by atoms with van der Waals surface area (Å²) < 4.78 is 11.4. The van der Waals surface area contributed by atoms with Crippen LogP contribution >= 0.6 is 0 Å². The van der Waals surface area contributed by atoms with Crippen LogP contribution in [0.5, 0.6) is 11.5 Å². The van der Waals surface area contributed by atoms with Gasteiger partial charge >= 0.3 is 0 Å². The van der Waals surface area contributed by atoms with Gasteiger partial charge in [-0.1, -0.05) is 27.2 Å². The fraction of sp³-hybridized carbons (Fsp3) is 0.588. The third-order valence-corrected chi connectivity index (χ3v) is 3.07. The van der Waals surface area contributed by atoms with Crippen LogP contribution in [0.4, 0.5) is 5.69 Å². The lowest BCUT2D eigenvalue weighted by Gasteiger charge is -2.15. The second-order valence-electron chi connectivity index (χ2n) is 5.24. The van der Waals surface area contributed by atoms with E-state index in [9.17, 15) is 4.79 Å². The summed E-state index contributed by atoms with van der Waals surface area (Å²) in [6.07, 6.45) is 3.38. The number of benzene rings is 1. The van der Waals surface area contributed by atoms with Crippen LogP contribution in [0.2, 0.25) is 0 Å². The van der Waals surface area contributed by atoms with E-state index in [1.807, 2.05) is 19.9 Å². The van der Waals surface area contributed by atoms with E-state index in [2.05, 4.69) is 12.2 Å². The van der Waals surface area contributed by atoms with Gasteiger partial charge in [-0.3, -0.25) is 4.79 Å². The van der Waals surface area contributed by atoms with Crippen molar-refractivity contribution in [2.45, 2.75) is 52.5 Å². The molecule has 124 valence electrons. The van der Waals surface area contributed by atoms with Gasteiger partial charge in [-0.25, -0.2) is 0 Å². The average Bonchev–Trinajstić information content (AvgIpc) is 2.52. The molecule has 5 heteroatoms. The minimum atomic E-state index is -0.485. The number of carbonyl (C=O) groups is 1. The van der Waals surface area contributed by atoms with Crippen LogP contribution in [0.3, 0.4) is 0 Å². The van der Waals surface area contributed by atoms with E-state index in [0.29, 0.717) is 36.8 Å². The molecule has 1 unspecified atom stereocenters. The van der Waals surface area contributed by atoms with Gasteiger partial charge in [0.05, 0.1) is 19.3 Å². The molecular formula is C17H28N2O3. The zero-order valence-corrected chi connectivity index (χ0v) is 13.9. The first-order chi connectivity index (χ1) is 10.6. The summed E-state index contributed by atoms with van der Waals surface area (Å²) in [6.45, 7) is 7.34. The standard InChI is InChI=1S/C17H28N2O3/c1-4-7-14(18)17(20)19-13-8-9-15(21-10-5-2)16(12-13)22-11-6-3/h8-9,12,14H,4-7,10-11,18H2,1-3H3,(H,19,20). The largest absolute Gasteiger partial charge is 0.490 e. The van der Waals surface area contributed by atoms with E-state index in [4.69, 9.17) is 15.2 Å². The van der Waals surface area contributed by atoms with Crippen LogP contribution in [-0.4, -0.2) is 25.2 Å². The van der Waals surface area contributed by atoms with Crippen LogP contribution in [0.25, 0.3) is 0 Å². The molecule has 1 aromatic rings. The van der Waals surface area contributed by atoms with Crippen LogP contribution in [0.15, 0.2) is 18.2 Å². The van der Waals surface area contributed by atoms with Gasteiger partial charge in [0.15, 0.2) is 11.5 Å². The summed E-state index contributed by atoms with van der Waals surface area (Å²) in [7, 11) is 0. The lowest BCUT2D eigenvalue weighted by Crippen LogP contribution is -2.35. The normalized spacial score (nSPS) is 11.8. The molecule has 0 aromatic heterocycles. The van der Waals surface area contributed by atoms with Crippen molar-refractivity contribution in [2.24, 2.45) is 5.73 Å². The summed E-state index contributed by atoms with van der Waals surface area (Å²) in [4.78, 5) is 12.0. The summed E-state index contributed by atoms with van der Waals surface area (Å²) in [5.74, 6) is 1.17. The summed E-state index contributed by atoms with van der Waals surface area (Å²) in [5, 5.41) is 2.83. The van der Waals surface area contributed by atoms with Gasteiger partial charge in [-0.15, -0.1) is 0 Å². The Labute approximate surface area is 133 Å².